The second-order valence-electron chi connectivity index (χ2n) is 12.2. The first-order valence-electron chi connectivity index (χ1n) is 16.3. The molecule has 0 aliphatic carbocycles. The van der Waals surface area contributed by atoms with E-state index in [1.165, 1.54) is 22.9 Å². The number of fused-ring (bicyclic) bond motifs is 5. The van der Waals surface area contributed by atoms with Gasteiger partial charge in [0.2, 0.25) is 0 Å². The van der Waals surface area contributed by atoms with Crippen molar-refractivity contribution in [2.24, 2.45) is 0 Å². The first-order valence-corrected chi connectivity index (χ1v) is 16.3. The number of pyridine rings is 1. The summed E-state index contributed by atoms with van der Waals surface area (Å²) in [6, 6.07) is 56.7. The molecule has 0 unspecified atom stereocenters. The van der Waals surface area contributed by atoms with Crippen molar-refractivity contribution in [3.63, 3.8) is 0 Å². The highest BCUT2D eigenvalue weighted by Crippen LogP contribution is 2.38. The predicted octanol–water partition coefficient (Wildman–Crippen LogP) is 11.8. The second kappa shape index (κ2) is 11.9. The zero-order valence-electron chi connectivity index (χ0n) is 26.4. The van der Waals surface area contributed by atoms with Gasteiger partial charge in [0.25, 0.3) is 0 Å². The highest BCUT2D eigenvalue weighted by molar-refractivity contribution is 6.22. The van der Waals surface area contributed by atoms with Gasteiger partial charge in [-0.2, -0.15) is 0 Å². The fraction of sp³-hybridized carbons (Fsp3) is 0. The molecule has 0 bridgehead atoms. The Morgan fingerprint density at radius 2 is 0.939 bits per heavy atom. The maximum absolute atomic E-state index is 13.9. The summed E-state index contributed by atoms with van der Waals surface area (Å²) in [6.45, 7) is 0. The van der Waals surface area contributed by atoms with Crippen LogP contribution in [0, 0.1) is 5.82 Å². The highest BCUT2D eigenvalue weighted by atomic mass is 19.1. The molecule has 0 aliphatic heterocycles. The molecule has 0 radical (unpaired) electrons. The van der Waals surface area contributed by atoms with E-state index >= 15 is 0 Å². The maximum atomic E-state index is 13.9. The van der Waals surface area contributed by atoms with E-state index < -0.39 is 0 Å². The minimum absolute atomic E-state index is 0.265. The molecule has 9 aromatic rings. The van der Waals surface area contributed by atoms with Crippen LogP contribution in [0.4, 0.5) is 4.39 Å². The van der Waals surface area contributed by atoms with E-state index in [0.29, 0.717) is 5.82 Å². The van der Waals surface area contributed by atoms with Gasteiger partial charge in [-0.1, -0.05) is 133 Å². The molecule has 2 heterocycles. The average Bonchev–Trinajstić information content (AvgIpc) is 3.18. The topological polar surface area (TPSA) is 38.7 Å². The minimum Gasteiger partial charge on any atom is -0.247 e. The van der Waals surface area contributed by atoms with Gasteiger partial charge in [0, 0.05) is 38.4 Å². The lowest BCUT2D eigenvalue weighted by Crippen LogP contribution is -1.96. The summed E-state index contributed by atoms with van der Waals surface area (Å²) in [6.07, 6.45) is 0. The number of benzene rings is 7. The summed E-state index contributed by atoms with van der Waals surface area (Å²) >= 11 is 0. The molecule has 4 heteroatoms. The van der Waals surface area contributed by atoms with Crippen LogP contribution in [0.1, 0.15) is 0 Å². The summed E-state index contributed by atoms with van der Waals surface area (Å²) in [5, 5.41) is 5.61. The molecule has 49 heavy (non-hydrogen) atoms. The molecule has 7 aromatic carbocycles. The van der Waals surface area contributed by atoms with Crippen molar-refractivity contribution >= 4 is 32.4 Å². The lowest BCUT2D eigenvalue weighted by Gasteiger charge is -2.14. The normalized spacial score (nSPS) is 11.4. The van der Waals surface area contributed by atoms with Gasteiger partial charge >= 0.3 is 0 Å². The lowest BCUT2D eigenvalue weighted by atomic mass is 9.94. The first kappa shape index (κ1) is 28.7. The van der Waals surface area contributed by atoms with Crippen molar-refractivity contribution in [1.29, 1.82) is 0 Å². The Morgan fingerprint density at radius 1 is 0.367 bits per heavy atom. The summed E-state index contributed by atoms with van der Waals surface area (Å²) in [4.78, 5) is 15.2. The van der Waals surface area contributed by atoms with Crippen LogP contribution in [-0.2, 0) is 0 Å². The van der Waals surface area contributed by atoms with E-state index in [1.54, 1.807) is 12.1 Å². The van der Waals surface area contributed by atoms with Crippen molar-refractivity contribution in [3.05, 3.63) is 176 Å². The van der Waals surface area contributed by atoms with Crippen LogP contribution in [0.5, 0.6) is 0 Å². The van der Waals surface area contributed by atoms with Crippen LogP contribution in [0.2, 0.25) is 0 Å². The minimum atomic E-state index is -0.265. The van der Waals surface area contributed by atoms with Gasteiger partial charge in [-0.05, 0) is 58.3 Å². The third-order valence-corrected chi connectivity index (χ3v) is 9.14. The Hall–Kier alpha value is -6.52. The molecule has 2 aromatic heterocycles. The van der Waals surface area contributed by atoms with E-state index in [9.17, 15) is 4.39 Å². The second-order valence-corrected chi connectivity index (χ2v) is 12.2. The lowest BCUT2D eigenvalue weighted by molar-refractivity contribution is 0.628. The molecule has 0 atom stereocenters. The van der Waals surface area contributed by atoms with Gasteiger partial charge < -0.3 is 0 Å². The van der Waals surface area contributed by atoms with E-state index in [1.807, 2.05) is 36.4 Å². The Bertz CT molecular complexity index is 2580. The fourth-order valence-electron chi connectivity index (χ4n) is 6.68. The number of hydrogen-bond donors (Lipinski definition) is 0. The fourth-order valence-corrected chi connectivity index (χ4v) is 6.68. The molecule has 230 valence electrons. The van der Waals surface area contributed by atoms with Gasteiger partial charge in [0.1, 0.15) is 5.82 Å². The van der Waals surface area contributed by atoms with Crippen LogP contribution in [-0.4, -0.2) is 15.0 Å². The van der Waals surface area contributed by atoms with E-state index in [-0.39, 0.29) is 5.82 Å². The van der Waals surface area contributed by atoms with Gasteiger partial charge in [-0.25, -0.2) is 19.3 Å². The summed E-state index contributed by atoms with van der Waals surface area (Å²) < 4.78 is 13.9. The number of hydrogen-bond acceptors (Lipinski definition) is 3. The standard InChI is InChI=1S/C45H28FN3/c46-36-23-19-33(20-24-36)44-39-26-21-30-9-7-8-14-37(30)43(39)38-25-22-35(27-42(38)47-44)29-15-17-34(18-16-29)45-48-40(31-10-3-1-4-11-31)28-41(49-45)32-12-5-2-6-13-32/h1-28H. The van der Waals surface area contributed by atoms with Gasteiger partial charge in [-0.15, -0.1) is 0 Å². The molecule has 3 nitrogen and oxygen atoms in total. The highest BCUT2D eigenvalue weighted by Gasteiger charge is 2.15. The zero-order chi connectivity index (χ0) is 32.7. The molecule has 9 rings (SSSR count). The summed E-state index contributed by atoms with van der Waals surface area (Å²) in [5.41, 5.74) is 9.52. The molecule has 0 amide bonds. The SMILES string of the molecule is Fc1ccc(-c2nc3cc(-c4ccc(-c5nc(-c6ccccc6)cc(-c6ccccc6)n5)cc4)ccc3c3c2ccc2ccccc23)cc1. The van der Waals surface area contributed by atoms with Gasteiger partial charge in [0.15, 0.2) is 5.82 Å². The Kier molecular flexibility index (Phi) is 6.98. The largest absolute Gasteiger partial charge is 0.247 e. The zero-order valence-corrected chi connectivity index (χ0v) is 26.4. The van der Waals surface area contributed by atoms with Crippen molar-refractivity contribution in [2.45, 2.75) is 0 Å². The monoisotopic (exact) mass is 629 g/mol. The number of halogens is 1. The Labute approximate surface area is 283 Å². The molecule has 0 fully saturated rings. The van der Waals surface area contributed by atoms with Crippen LogP contribution in [0.3, 0.4) is 0 Å². The molecular weight excluding hydrogens is 602 g/mol. The molecule has 0 N–H and O–H groups in total. The summed E-state index contributed by atoms with van der Waals surface area (Å²) in [7, 11) is 0. The van der Waals surface area contributed by atoms with Crippen LogP contribution >= 0.6 is 0 Å². The van der Waals surface area contributed by atoms with Gasteiger partial charge in [0.05, 0.1) is 22.6 Å². The van der Waals surface area contributed by atoms with Crippen molar-refractivity contribution in [1.82, 2.24) is 15.0 Å². The van der Waals surface area contributed by atoms with E-state index in [2.05, 4.69) is 109 Å². The van der Waals surface area contributed by atoms with E-state index in [0.717, 1.165) is 72.1 Å². The van der Waals surface area contributed by atoms with Crippen molar-refractivity contribution in [2.75, 3.05) is 0 Å². The molecular formula is C45H28FN3. The average molecular weight is 630 g/mol. The van der Waals surface area contributed by atoms with Crippen molar-refractivity contribution in [3.8, 4) is 56.3 Å². The third-order valence-electron chi connectivity index (χ3n) is 9.14. The van der Waals surface area contributed by atoms with Crippen LogP contribution in [0.25, 0.3) is 88.7 Å². The molecule has 0 aliphatic rings. The number of aromatic nitrogens is 3. The maximum Gasteiger partial charge on any atom is 0.160 e. The molecule has 0 saturated carbocycles. The van der Waals surface area contributed by atoms with Gasteiger partial charge in [-0.3, -0.25) is 0 Å². The first-order chi connectivity index (χ1) is 24.2. The smallest absolute Gasteiger partial charge is 0.160 e. The quantitative estimate of drug-likeness (QED) is 0.178. The van der Waals surface area contributed by atoms with Crippen LogP contribution < -0.4 is 0 Å². The Morgan fingerprint density at radius 3 is 1.63 bits per heavy atom. The molecule has 0 saturated heterocycles. The van der Waals surface area contributed by atoms with E-state index in [4.69, 9.17) is 15.0 Å². The predicted molar refractivity (Wildman–Crippen MR) is 199 cm³/mol. The molecule has 0 spiro atoms. The summed E-state index contributed by atoms with van der Waals surface area (Å²) in [5.74, 6) is 0.410. The number of rotatable bonds is 5. The number of nitrogens with zero attached hydrogens (tertiary/aromatic N) is 3. The Balaban J connectivity index is 1.16. The third kappa shape index (κ3) is 5.30. The van der Waals surface area contributed by atoms with Crippen LogP contribution in [0.15, 0.2) is 170 Å². The van der Waals surface area contributed by atoms with Crippen molar-refractivity contribution < 1.29 is 4.39 Å².